The van der Waals surface area contributed by atoms with Gasteiger partial charge in [-0.2, -0.15) is 0 Å². The number of carboxylic acid groups (broad SMARTS) is 1. The highest BCUT2D eigenvalue weighted by atomic mass is 16.4. The lowest BCUT2D eigenvalue weighted by molar-refractivity contribution is -0.140. The van der Waals surface area contributed by atoms with E-state index in [1.807, 2.05) is 4.90 Å². The first kappa shape index (κ1) is 14.6. The van der Waals surface area contributed by atoms with Crippen molar-refractivity contribution in [2.24, 2.45) is 5.92 Å². The molecule has 0 bridgehead atoms. The topological polar surface area (TPSA) is 90.0 Å². The number of hydrogen-bond acceptors (Lipinski definition) is 3. The van der Waals surface area contributed by atoms with E-state index in [0.29, 0.717) is 26.1 Å². The number of aliphatic carboxylic acids is 1. The number of nitrogens with zero attached hydrogens (tertiary/aromatic N) is 2. The molecule has 2 heterocycles. The zero-order valence-electron chi connectivity index (χ0n) is 11.8. The summed E-state index contributed by atoms with van der Waals surface area (Å²) in [7, 11) is 0. The van der Waals surface area contributed by atoms with Gasteiger partial charge in [-0.25, -0.2) is 9.59 Å². The molecule has 112 valence electrons. The van der Waals surface area contributed by atoms with Crippen LogP contribution in [0.15, 0.2) is 0 Å². The maximum Gasteiger partial charge on any atom is 0.326 e. The maximum absolute atomic E-state index is 12.1. The van der Waals surface area contributed by atoms with Gasteiger partial charge < -0.3 is 20.2 Å². The molecular weight excluding hydrogens is 262 g/mol. The van der Waals surface area contributed by atoms with Crippen molar-refractivity contribution in [3.8, 4) is 0 Å². The molecule has 2 atom stereocenters. The molecule has 3 amide bonds. The second-order valence-electron chi connectivity index (χ2n) is 5.74. The van der Waals surface area contributed by atoms with Crippen molar-refractivity contribution in [1.29, 1.82) is 0 Å². The van der Waals surface area contributed by atoms with Crippen LogP contribution in [0.3, 0.4) is 0 Å². The predicted octanol–water partition coefficient (Wildman–Crippen LogP) is 0.112. The molecule has 2 aliphatic heterocycles. The summed E-state index contributed by atoms with van der Waals surface area (Å²) < 4.78 is 0. The number of urea groups is 1. The van der Waals surface area contributed by atoms with E-state index in [9.17, 15) is 14.4 Å². The van der Waals surface area contributed by atoms with Crippen LogP contribution >= 0.6 is 0 Å². The predicted molar refractivity (Wildman–Crippen MR) is 71.1 cm³/mol. The Hall–Kier alpha value is -1.79. The second-order valence-corrected chi connectivity index (χ2v) is 5.74. The highest BCUT2D eigenvalue weighted by Crippen LogP contribution is 2.22. The van der Waals surface area contributed by atoms with E-state index in [0.717, 1.165) is 6.42 Å². The fourth-order valence-corrected chi connectivity index (χ4v) is 2.79. The zero-order valence-corrected chi connectivity index (χ0v) is 11.8. The quantitative estimate of drug-likeness (QED) is 0.769. The molecule has 0 aromatic rings. The molecule has 20 heavy (non-hydrogen) atoms. The molecule has 0 radical (unpaired) electrons. The van der Waals surface area contributed by atoms with Crippen molar-refractivity contribution >= 4 is 17.9 Å². The van der Waals surface area contributed by atoms with Gasteiger partial charge in [-0.3, -0.25) is 4.79 Å². The first-order chi connectivity index (χ1) is 9.40. The SMILES string of the molecule is CC(C)[C@H](NC(=O)N1CCN2C(=O)CCC2C1)C(=O)O. The summed E-state index contributed by atoms with van der Waals surface area (Å²) in [6.45, 7) is 5.00. The molecule has 1 unspecified atom stereocenters. The number of amides is 3. The van der Waals surface area contributed by atoms with Crippen molar-refractivity contribution in [3.63, 3.8) is 0 Å². The van der Waals surface area contributed by atoms with E-state index in [1.54, 1.807) is 18.7 Å². The van der Waals surface area contributed by atoms with E-state index >= 15 is 0 Å². The van der Waals surface area contributed by atoms with Crippen molar-refractivity contribution < 1.29 is 19.5 Å². The van der Waals surface area contributed by atoms with Crippen molar-refractivity contribution in [1.82, 2.24) is 15.1 Å². The average molecular weight is 283 g/mol. The van der Waals surface area contributed by atoms with Crippen LogP contribution in [-0.4, -0.2) is 64.5 Å². The molecule has 2 fully saturated rings. The first-order valence-electron chi connectivity index (χ1n) is 6.98. The number of carbonyl (C=O) groups excluding carboxylic acids is 2. The summed E-state index contributed by atoms with van der Waals surface area (Å²) in [5, 5.41) is 11.7. The minimum atomic E-state index is -1.02. The molecule has 2 rings (SSSR count). The van der Waals surface area contributed by atoms with Gasteiger partial charge in [-0.1, -0.05) is 13.8 Å². The molecule has 7 nitrogen and oxygen atoms in total. The number of piperazine rings is 1. The Bertz CT molecular complexity index is 424. The molecular formula is C13H21N3O4. The summed E-state index contributed by atoms with van der Waals surface area (Å²) in [4.78, 5) is 38.2. The lowest BCUT2D eigenvalue weighted by atomic mass is 10.1. The molecule has 0 spiro atoms. The highest BCUT2D eigenvalue weighted by molar-refractivity contribution is 5.83. The molecule has 2 saturated heterocycles. The Morgan fingerprint density at radius 1 is 1.35 bits per heavy atom. The largest absolute Gasteiger partial charge is 0.480 e. The summed E-state index contributed by atoms with van der Waals surface area (Å²) in [5.74, 6) is -1.05. The number of carbonyl (C=O) groups is 3. The normalized spacial score (nSPS) is 23.8. The third-order valence-corrected chi connectivity index (χ3v) is 3.99. The maximum atomic E-state index is 12.1. The summed E-state index contributed by atoms with van der Waals surface area (Å²) in [6.07, 6.45) is 1.32. The van der Waals surface area contributed by atoms with Gasteiger partial charge in [0.15, 0.2) is 0 Å². The van der Waals surface area contributed by atoms with Gasteiger partial charge in [0, 0.05) is 32.1 Å². The first-order valence-corrected chi connectivity index (χ1v) is 6.98. The molecule has 0 aromatic heterocycles. The van der Waals surface area contributed by atoms with Crippen molar-refractivity contribution in [2.75, 3.05) is 19.6 Å². The van der Waals surface area contributed by atoms with E-state index in [-0.39, 0.29) is 23.9 Å². The van der Waals surface area contributed by atoms with Crippen LogP contribution in [0.25, 0.3) is 0 Å². The minimum absolute atomic E-state index is 0.0873. The van der Waals surface area contributed by atoms with Crippen LogP contribution in [0.4, 0.5) is 4.79 Å². The van der Waals surface area contributed by atoms with Gasteiger partial charge in [0.2, 0.25) is 5.91 Å². The van der Waals surface area contributed by atoms with Gasteiger partial charge >= 0.3 is 12.0 Å². The third kappa shape index (κ3) is 2.86. The van der Waals surface area contributed by atoms with E-state index in [2.05, 4.69) is 5.32 Å². The smallest absolute Gasteiger partial charge is 0.326 e. The fraction of sp³-hybridized carbons (Fsp3) is 0.769. The van der Waals surface area contributed by atoms with Gasteiger partial charge in [0.1, 0.15) is 6.04 Å². The molecule has 0 aromatic carbocycles. The van der Waals surface area contributed by atoms with Crippen LogP contribution in [0.1, 0.15) is 26.7 Å². The van der Waals surface area contributed by atoms with Gasteiger partial charge in [0.25, 0.3) is 0 Å². The Labute approximate surface area is 117 Å². The second kappa shape index (κ2) is 5.68. The lowest BCUT2D eigenvalue weighted by Gasteiger charge is -2.38. The fourth-order valence-electron chi connectivity index (χ4n) is 2.79. The molecule has 0 saturated carbocycles. The van der Waals surface area contributed by atoms with Crippen molar-refractivity contribution in [3.05, 3.63) is 0 Å². The third-order valence-electron chi connectivity index (χ3n) is 3.99. The van der Waals surface area contributed by atoms with Crippen LogP contribution < -0.4 is 5.32 Å². The van der Waals surface area contributed by atoms with Crippen LogP contribution in [0.2, 0.25) is 0 Å². The number of rotatable bonds is 3. The van der Waals surface area contributed by atoms with E-state index in [1.165, 1.54) is 0 Å². The lowest BCUT2D eigenvalue weighted by Crippen LogP contribution is -2.58. The zero-order chi connectivity index (χ0) is 14.9. The Morgan fingerprint density at radius 2 is 2.05 bits per heavy atom. The summed E-state index contributed by atoms with van der Waals surface area (Å²) in [6, 6.07) is -1.15. The Balaban J connectivity index is 1.94. The van der Waals surface area contributed by atoms with Crippen LogP contribution in [-0.2, 0) is 9.59 Å². The Morgan fingerprint density at radius 3 is 2.65 bits per heavy atom. The summed E-state index contributed by atoms with van der Waals surface area (Å²) in [5.41, 5.74) is 0. The number of nitrogens with one attached hydrogen (secondary N) is 1. The van der Waals surface area contributed by atoms with Crippen molar-refractivity contribution in [2.45, 2.75) is 38.8 Å². The van der Waals surface area contributed by atoms with Gasteiger partial charge in [-0.15, -0.1) is 0 Å². The molecule has 7 heteroatoms. The number of carboxylic acids is 1. The van der Waals surface area contributed by atoms with Gasteiger partial charge in [0.05, 0.1) is 0 Å². The molecule has 2 N–H and O–H groups in total. The highest BCUT2D eigenvalue weighted by Gasteiger charge is 2.37. The van der Waals surface area contributed by atoms with Crippen LogP contribution in [0, 0.1) is 5.92 Å². The summed E-state index contributed by atoms with van der Waals surface area (Å²) >= 11 is 0. The average Bonchev–Trinajstić information content (AvgIpc) is 2.76. The minimum Gasteiger partial charge on any atom is -0.480 e. The molecule has 0 aliphatic carbocycles. The molecule has 2 aliphatic rings. The standard InChI is InChI=1S/C13H21N3O4/c1-8(2)11(12(18)19)14-13(20)15-5-6-16-9(7-15)3-4-10(16)17/h8-9,11H,3-7H2,1-2H3,(H,14,20)(H,18,19)/t9?,11-/m0/s1. The van der Waals surface area contributed by atoms with E-state index in [4.69, 9.17) is 5.11 Å². The Kier molecular flexibility index (Phi) is 4.15. The number of hydrogen-bond donors (Lipinski definition) is 2. The number of fused-ring (bicyclic) bond motifs is 1. The van der Waals surface area contributed by atoms with Crippen LogP contribution in [0.5, 0.6) is 0 Å². The van der Waals surface area contributed by atoms with E-state index < -0.39 is 12.0 Å². The monoisotopic (exact) mass is 283 g/mol. The van der Waals surface area contributed by atoms with Gasteiger partial charge in [-0.05, 0) is 12.3 Å².